The maximum absolute atomic E-state index is 14.6. The molecule has 5 rings (SSSR count). The van der Waals surface area contributed by atoms with Crippen LogP contribution in [0.5, 0.6) is 11.6 Å². The molecule has 3 aliphatic heterocycles. The summed E-state index contributed by atoms with van der Waals surface area (Å²) in [5.74, 6) is -1.86. The molecule has 50 heavy (non-hydrogen) atoms. The van der Waals surface area contributed by atoms with Crippen molar-refractivity contribution in [2.24, 2.45) is 17.3 Å². The van der Waals surface area contributed by atoms with Crippen LogP contribution in [-0.4, -0.2) is 93.6 Å². The second kappa shape index (κ2) is 14.6. The molecule has 2 bridgehead atoms. The highest BCUT2D eigenvalue weighted by Crippen LogP contribution is 2.38. The molecular formula is C38H52N4O8. The Kier molecular flexibility index (Phi) is 10.8. The zero-order valence-corrected chi connectivity index (χ0v) is 30.9. The van der Waals surface area contributed by atoms with E-state index in [0.717, 1.165) is 6.42 Å². The summed E-state index contributed by atoms with van der Waals surface area (Å²) < 4.78 is 23.9. The third-order valence-electron chi connectivity index (χ3n) is 9.89. The number of likely N-dealkylation sites (tertiary alicyclic amines) is 1. The van der Waals surface area contributed by atoms with Gasteiger partial charge in [0.05, 0.1) is 43.1 Å². The summed E-state index contributed by atoms with van der Waals surface area (Å²) in [4.78, 5) is 67.6. The monoisotopic (exact) mass is 692 g/mol. The summed E-state index contributed by atoms with van der Waals surface area (Å²) in [6.07, 6.45) is 5.17. The van der Waals surface area contributed by atoms with E-state index in [4.69, 9.17) is 28.9 Å². The Morgan fingerprint density at radius 2 is 1.72 bits per heavy atom. The van der Waals surface area contributed by atoms with Crippen molar-refractivity contribution in [2.75, 3.05) is 20.2 Å². The van der Waals surface area contributed by atoms with Gasteiger partial charge in [-0.05, 0) is 63.7 Å². The van der Waals surface area contributed by atoms with E-state index in [9.17, 15) is 19.2 Å². The van der Waals surface area contributed by atoms with Crippen LogP contribution in [0, 0.1) is 17.3 Å². The summed E-state index contributed by atoms with van der Waals surface area (Å²) in [6, 6.07) is 4.21. The number of allylic oxidation sites excluding steroid dienone is 1. The molecule has 1 aromatic heterocycles. The Bertz CT molecular complexity index is 1640. The van der Waals surface area contributed by atoms with E-state index in [1.807, 2.05) is 52.0 Å². The number of aromatic nitrogens is 2. The molecule has 6 atom stereocenters. The molecule has 0 spiro atoms. The van der Waals surface area contributed by atoms with Gasteiger partial charge in [-0.3, -0.25) is 14.4 Å². The van der Waals surface area contributed by atoms with Gasteiger partial charge >= 0.3 is 11.9 Å². The molecule has 12 nitrogen and oxygen atoms in total. The molecule has 0 unspecified atom stereocenters. The maximum atomic E-state index is 14.6. The molecule has 1 aromatic carbocycles. The SMILES string of the molecule is COc1ccc2nc3c(nc2c1)O[C@H]1CN(C(=O)[C@H](C(C)(C)C)CC(=O)O[C@@H]2CCN(C(C)=O)[C@H]2CCC/C=C/3)[C@H](C(=O)OC(C)(C)C)[C@@H]1C. The molecule has 0 aliphatic carbocycles. The highest BCUT2D eigenvalue weighted by atomic mass is 16.6. The lowest BCUT2D eigenvalue weighted by Gasteiger charge is -2.35. The van der Waals surface area contributed by atoms with Gasteiger partial charge in [-0.25, -0.2) is 14.8 Å². The van der Waals surface area contributed by atoms with Crippen LogP contribution in [0.15, 0.2) is 24.3 Å². The molecule has 0 radical (unpaired) electrons. The predicted molar refractivity (Wildman–Crippen MR) is 187 cm³/mol. The molecule has 3 aliphatic rings. The maximum Gasteiger partial charge on any atom is 0.329 e. The van der Waals surface area contributed by atoms with Gasteiger partial charge < -0.3 is 28.7 Å². The van der Waals surface area contributed by atoms with Crippen LogP contribution in [0.3, 0.4) is 0 Å². The van der Waals surface area contributed by atoms with Crippen molar-refractivity contribution in [2.45, 2.75) is 117 Å². The number of carbonyl (C=O) groups is 4. The van der Waals surface area contributed by atoms with Crippen LogP contribution in [0.4, 0.5) is 0 Å². The minimum absolute atomic E-state index is 0.0651. The number of fused-ring (bicyclic) bond motifs is 5. The molecule has 2 aromatic rings. The zero-order valence-electron chi connectivity index (χ0n) is 30.9. The van der Waals surface area contributed by atoms with E-state index in [0.29, 0.717) is 48.3 Å². The lowest BCUT2D eigenvalue weighted by Crippen LogP contribution is -2.50. The summed E-state index contributed by atoms with van der Waals surface area (Å²) in [5, 5.41) is 0. The smallest absolute Gasteiger partial charge is 0.329 e. The van der Waals surface area contributed by atoms with Crippen LogP contribution in [-0.2, 0) is 28.7 Å². The van der Waals surface area contributed by atoms with Crippen molar-refractivity contribution < 1.29 is 38.1 Å². The summed E-state index contributed by atoms with van der Waals surface area (Å²) >= 11 is 0. The summed E-state index contributed by atoms with van der Waals surface area (Å²) in [7, 11) is 1.58. The summed E-state index contributed by atoms with van der Waals surface area (Å²) in [5.41, 5.74) is 0.294. The number of carbonyl (C=O) groups excluding carboxylic acids is 4. The first kappa shape index (κ1) is 37.0. The van der Waals surface area contributed by atoms with Gasteiger partial charge in [0, 0.05) is 31.9 Å². The lowest BCUT2D eigenvalue weighted by molar-refractivity contribution is -0.167. The van der Waals surface area contributed by atoms with Crippen LogP contribution in [0.1, 0.15) is 93.2 Å². The van der Waals surface area contributed by atoms with Gasteiger partial charge in [0.1, 0.15) is 35.3 Å². The van der Waals surface area contributed by atoms with E-state index < -0.39 is 53.0 Å². The third kappa shape index (κ3) is 8.21. The van der Waals surface area contributed by atoms with E-state index in [1.165, 1.54) is 11.8 Å². The lowest BCUT2D eigenvalue weighted by atomic mass is 9.77. The predicted octanol–water partition coefficient (Wildman–Crippen LogP) is 5.36. The Morgan fingerprint density at radius 3 is 2.38 bits per heavy atom. The second-order valence-corrected chi connectivity index (χ2v) is 15.8. The molecular weight excluding hydrogens is 640 g/mol. The Morgan fingerprint density at radius 1 is 0.980 bits per heavy atom. The number of nitrogens with zero attached hydrogens (tertiary/aromatic N) is 4. The van der Waals surface area contributed by atoms with Gasteiger partial charge in [-0.2, -0.15) is 0 Å². The molecule has 0 saturated carbocycles. The van der Waals surface area contributed by atoms with E-state index in [1.54, 1.807) is 38.8 Å². The topological polar surface area (TPSA) is 137 Å². The number of amides is 2. The number of hydrogen-bond acceptors (Lipinski definition) is 10. The zero-order chi connectivity index (χ0) is 36.5. The van der Waals surface area contributed by atoms with E-state index in [2.05, 4.69) is 0 Å². The molecule has 2 saturated heterocycles. The number of benzene rings is 1. The fourth-order valence-corrected chi connectivity index (χ4v) is 7.22. The minimum Gasteiger partial charge on any atom is -0.497 e. The number of esters is 2. The molecule has 272 valence electrons. The molecule has 12 heteroatoms. The normalized spacial score (nSPS) is 27.4. The molecule has 4 heterocycles. The number of hydrogen-bond donors (Lipinski definition) is 0. The molecule has 0 N–H and O–H groups in total. The van der Waals surface area contributed by atoms with Gasteiger partial charge in [0.25, 0.3) is 0 Å². The minimum atomic E-state index is -0.967. The van der Waals surface area contributed by atoms with Crippen molar-refractivity contribution in [1.29, 1.82) is 0 Å². The average Bonchev–Trinajstić information content (AvgIpc) is 3.57. The Labute approximate surface area is 294 Å². The molecule has 2 amide bonds. The van der Waals surface area contributed by atoms with Gasteiger partial charge in [-0.15, -0.1) is 0 Å². The van der Waals surface area contributed by atoms with Gasteiger partial charge in [-0.1, -0.05) is 33.8 Å². The van der Waals surface area contributed by atoms with Crippen molar-refractivity contribution >= 4 is 40.9 Å². The van der Waals surface area contributed by atoms with E-state index in [-0.39, 0.29) is 36.7 Å². The van der Waals surface area contributed by atoms with Crippen molar-refractivity contribution in [3.63, 3.8) is 0 Å². The first-order valence-corrected chi connectivity index (χ1v) is 17.7. The fraction of sp³-hybridized carbons (Fsp3) is 0.632. The molecule has 2 fully saturated rings. The van der Waals surface area contributed by atoms with Gasteiger partial charge in [0.2, 0.25) is 17.7 Å². The van der Waals surface area contributed by atoms with Crippen molar-refractivity contribution in [3.05, 3.63) is 30.0 Å². The number of ether oxygens (including phenoxy) is 4. The van der Waals surface area contributed by atoms with Crippen LogP contribution in [0.2, 0.25) is 0 Å². The largest absolute Gasteiger partial charge is 0.497 e. The fourth-order valence-electron chi connectivity index (χ4n) is 7.22. The standard InChI is InChI=1S/C38H52N4O8/c1-22-31-21-42(33(22)36(46)50-38(6,7)8)35(45)25(37(3,4)5)20-32(44)48-30-17-18-41(23(2)43)29(30)14-12-10-11-13-27-34(49-31)40-28-19-24(47-9)15-16-26(28)39-27/h11,13,15-16,19,22,25,29-31,33H,10,12,14,17-18,20-21H2,1-9H3/b13-11+/t22-,25-,29+,30-,31+,33+/m1/s1. The first-order valence-electron chi connectivity index (χ1n) is 17.7. The first-order chi connectivity index (χ1) is 23.5. The van der Waals surface area contributed by atoms with Crippen LogP contribution in [0.25, 0.3) is 17.1 Å². The van der Waals surface area contributed by atoms with Crippen molar-refractivity contribution in [3.8, 4) is 11.6 Å². The quantitative estimate of drug-likeness (QED) is 0.379. The number of methoxy groups -OCH3 is 1. The van der Waals surface area contributed by atoms with Crippen molar-refractivity contribution in [1.82, 2.24) is 19.8 Å². The summed E-state index contributed by atoms with van der Waals surface area (Å²) in [6.45, 7) is 15.0. The second-order valence-electron chi connectivity index (χ2n) is 15.8. The van der Waals surface area contributed by atoms with Gasteiger partial charge in [0.15, 0.2) is 0 Å². The highest BCUT2D eigenvalue weighted by molar-refractivity contribution is 5.90. The Hall–Kier alpha value is -4.22. The average molecular weight is 693 g/mol. The number of rotatable bonds is 2. The third-order valence-corrected chi connectivity index (χ3v) is 9.89. The Balaban J connectivity index is 1.59. The van der Waals surface area contributed by atoms with E-state index >= 15 is 0 Å². The van der Waals surface area contributed by atoms with Crippen LogP contribution < -0.4 is 9.47 Å². The van der Waals surface area contributed by atoms with Crippen LogP contribution >= 0.6 is 0 Å². The highest BCUT2D eigenvalue weighted by Gasteiger charge is 2.51.